The van der Waals surface area contributed by atoms with Crippen LogP contribution in [-0.4, -0.2) is 11.1 Å². The van der Waals surface area contributed by atoms with Gasteiger partial charge in [0.25, 0.3) is 0 Å². The van der Waals surface area contributed by atoms with Crippen molar-refractivity contribution in [2.24, 2.45) is 0 Å². The summed E-state index contributed by atoms with van der Waals surface area (Å²) in [6, 6.07) is 22.1. The van der Waals surface area contributed by atoms with Crippen LogP contribution in [0.1, 0.15) is 11.1 Å². The summed E-state index contributed by atoms with van der Waals surface area (Å²) in [5.74, 6) is 1.01. The van der Waals surface area contributed by atoms with E-state index in [2.05, 4.69) is 16.4 Å². The number of hydrogen-bond donors (Lipinski definition) is 1. The number of nitriles is 1. The fourth-order valence-corrected chi connectivity index (χ4v) is 2.28. The molecule has 134 valence electrons. The number of carbonyl (C=O) groups is 1. The van der Waals surface area contributed by atoms with Gasteiger partial charge in [0.1, 0.15) is 12.4 Å². The molecular formula is C21H17N3O3. The minimum Gasteiger partial charge on any atom is -0.444 e. The monoisotopic (exact) mass is 359 g/mol. The second kappa shape index (κ2) is 9.02. The molecule has 0 aliphatic carbocycles. The number of amides is 1. The van der Waals surface area contributed by atoms with Crippen LogP contribution in [0.4, 0.5) is 10.5 Å². The molecule has 0 bridgehead atoms. The van der Waals surface area contributed by atoms with Crippen molar-refractivity contribution in [1.82, 2.24) is 4.98 Å². The molecule has 0 saturated heterocycles. The standard InChI is InChI=1S/C21H17N3O3/c22-13-12-16-6-9-19(10-7-16)27-20-11-8-18(14-23-20)24-21(25)26-15-17-4-2-1-3-5-17/h1-11,14H,12,15H2,(H,24,25). The van der Waals surface area contributed by atoms with Gasteiger partial charge in [-0.25, -0.2) is 9.78 Å². The van der Waals surface area contributed by atoms with E-state index in [0.29, 0.717) is 23.7 Å². The van der Waals surface area contributed by atoms with Crippen LogP contribution in [-0.2, 0) is 17.8 Å². The molecule has 0 spiro atoms. The fourth-order valence-electron chi connectivity index (χ4n) is 2.28. The van der Waals surface area contributed by atoms with Crippen molar-refractivity contribution in [1.29, 1.82) is 5.26 Å². The van der Waals surface area contributed by atoms with E-state index in [1.807, 2.05) is 42.5 Å². The molecular weight excluding hydrogens is 342 g/mol. The molecule has 3 aromatic rings. The van der Waals surface area contributed by atoms with Gasteiger partial charge in [-0.3, -0.25) is 5.32 Å². The first kappa shape index (κ1) is 18.0. The molecule has 2 aromatic carbocycles. The number of anilines is 1. The third-order valence-corrected chi connectivity index (χ3v) is 3.62. The normalized spacial score (nSPS) is 9.89. The number of ether oxygens (including phenoxy) is 2. The molecule has 0 atom stereocenters. The molecule has 0 fully saturated rings. The summed E-state index contributed by atoms with van der Waals surface area (Å²) >= 11 is 0. The Balaban J connectivity index is 1.50. The predicted octanol–water partition coefficient (Wildman–Crippen LogP) is 4.69. The molecule has 6 nitrogen and oxygen atoms in total. The molecule has 0 aliphatic rings. The van der Waals surface area contributed by atoms with E-state index in [0.717, 1.165) is 11.1 Å². The summed E-state index contributed by atoms with van der Waals surface area (Å²) in [6.07, 6.45) is 1.30. The number of nitrogens with zero attached hydrogens (tertiary/aromatic N) is 2. The molecule has 1 heterocycles. The lowest BCUT2D eigenvalue weighted by atomic mass is 10.2. The molecule has 27 heavy (non-hydrogen) atoms. The summed E-state index contributed by atoms with van der Waals surface area (Å²) in [5.41, 5.74) is 2.34. The van der Waals surface area contributed by atoms with Crippen molar-refractivity contribution in [3.8, 4) is 17.7 Å². The van der Waals surface area contributed by atoms with Crippen molar-refractivity contribution >= 4 is 11.8 Å². The van der Waals surface area contributed by atoms with Gasteiger partial charge in [0.2, 0.25) is 5.88 Å². The van der Waals surface area contributed by atoms with Crippen LogP contribution in [0, 0.1) is 11.3 Å². The zero-order chi connectivity index (χ0) is 18.9. The maximum Gasteiger partial charge on any atom is 0.412 e. The molecule has 1 amide bonds. The minimum absolute atomic E-state index is 0.198. The van der Waals surface area contributed by atoms with Gasteiger partial charge >= 0.3 is 6.09 Å². The van der Waals surface area contributed by atoms with E-state index < -0.39 is 6.09 Å². The fraction of sp³-hybridized carbons (Fsp3) is 0.0952. The smallest absolute Gasteiger partial charge is 0.412 e. The van der Waals surface area contributed by atoms with Crippen LogP contribution < -0.4 is 10.1 Å². The third-order valence-electron chi connectivity index (χ3n) is 3.62. The second-order valence-corrected chi connectivity index (χ2v) is 5.65. The maximum absolute atomic E-state index is 11.8. The number of benzene rings is 2. The molecule has 0 radical (unpaired) electrons. The lowest BCUT2D eigenvalue weighted by molar-refractivity contribution is 0.155. The first-order valence-electron chi connectivity index (χ1n) is 8.30. The summed E-state index contributed by atoms with van der Waals surface area (Å²) < 4.78 is 10.8. The van der Waals surface area contributed by atoms with Crippen molar-refractivity contribution in [3.05, 3.63) is 84.1 Å². The Morgan fingerprint density at radius 2 is 1.78 bits per heavy atom. The summed E-state index contributed by atoms with van der Waals surface area (Å²) in [5, 5.41) is 11.3. The largest absolute Gasteiger partial charge is 0.444 e. The Labute approximate surface area is 157 Å². The Kier molecular flexibility index (Phi) is 6.00. The maximum atomic E-state index is 11.8. The molecule has 3 rings (SSSR count). The van der Waals surface area contributed by atoms with Gasteiger partial charge in [0.05, 0.1) is 24.4 Å². The average molecular weight is 359 g/mol. The van der Waals surface area contributed by atoms with E-state index in [-0.39, 0.29) is 6.61 Å². The number of nitrogens with one attached hydrogen (secondary N) is 1. The number of carbonyl (C=O) groups excluding carboxylic acids is 1. The highest BCUT2D eigenvalue weighted by molar-refractivity contribution is 5.84. The Hall–Kier alpha value is -3.85. The van der Waals surface area contributed by atoms with Crippen molar-refractivity contribution in [3.63, 3.8) is 0 Å². The number of pyridine rings is 1. The quantitative estimate of drug-likeness (QED) is 0.690. The van der Waals surface area contributed by atoms with Crippen LogP contribution >= 0.6 is 0 Å². The van der Waals surface area contributed by atoms with E-state index in [1.165, 1.54) is 6.20 Å². The Bertz CT molecular complexity index is 918. The molecule has 1 N–H and O–H groups in total. The van der Waals surface area contributed by atoms with E-state index in [9.17, 15) is 4.79 Å². The molecule has 0 aliphatic heterocycles. The third kappa shape index (κ3) is 5.58. The highest BCUT2D eigenvalue weighted by Gasteiger charge is 2.05. The molecule has 0 saturated carbocycles. The lowest BCUT2D eigenvalue weighted by Gasteiger charge is -2.08. The van der Waals surface area contributed by atoms with Crippen LogP contribution in [0.15, 0.2) is 72.9 Å². The Morgan fingerprint density at radius 3 is 2.44 bits per heavy atom. The van der Waals surface area contributed by atoms with Gasteiger partial charge in [-0.05, 0) is 29.3 Å². The van der Waals surface area contributed by atoms with Crippen molar-refractivity contribution in [2.75, 3.05) is 5.32 Å². The summed E-state index contributed by atoms with van der Waals surface area (Å²) in [7, 11) is 0. The predicted molar refractivity (Wildman–Crippen MR) is 100 cm³/mol. The van der Waals surface area contributed by atoms with Gasteiger partial charge < -0.3 is 9.47 Å². The molecule has 0 unspecified atom stereocenters. The SMILES string of the molecule is N#CCc1ccc(Oc2ccc(NC(=O)OCc3ccccc3)cn2)cc1. The zero-order valence-electron chi connectivity index (χ0n) is 14.5. The lowest BCUT2D eigenvalue weighted by Crippen LogP contribution is -2.13. The minimum atomic E-state index is -0.553. The second-order valence-electron chi connectivity index (χ2n) is 5.65. The average Bonchev–Trinajstić information content (AvgIpc) is 2.70. The van der Waals surface area contributed by atoms with Gasteiger partial charge in [-0.1, -0.05) is 42.5 Å². The number of aromatic nitrogens is 1. The summed E-state index contributed by atoms with van der Waals surface area (Å²) in [6.45, 7) is 0.198. The number of hydrogen-bond acceptors (Lipinski definition) is 5. The first-order valence-corrected chi connectivity index (χ1v) is 8.30. The van der Waals surface area contributed by atoms with Crippen LogP contribution in [0.2, 0.25) is 0 Å². The van der Waals surface area contributed by atoms with Crippen molar-refractivity contribution in [2.45, 2.75) is 13.0 Å². The number of rotatable bonds is 6. The van der Waals surface area contributed by atoms with Crippen LogP contribution in [0.25, 0.3) is 0 Å². The van der Waals surface area contributed by atoms with E-state index in [1.54, 1.807) is 24.3 Å². The Morgan fingerprint density at radius 1 is 1.00 bits per heavy atom. The summed E-state index contributed by atoms with van der Waals surface area (Å²) in [4.78, 5) is 16.0. The van der Waals surface area contributed by atoms with Crippen LogP contribution in [0.3, 0.4) is 0 Å². The van der Waals surface area contributed by atoms with Crippen LogP contribution in [0.5, 0.6) is 11.6 Å². The molecule has 6 heteroatoms. The van der Waals surface area contributed by atoms with Gasteiger partial charge in [-0.15, -0.1) is 0 Å². The first-order chi connectivity index (χ1) is 13.2. The van der Waals surface area contributed by atoms with Crippen molar-refractivity contribution < 1.29 is 14.3 Å². The van der Waals surface area contributed by atoms with Gasteiger partial charge in [0, 0.05) is 6.07 Å². The van der Waals surface area contributed by atoms with E-state index >= 15 is 0 Å². The highest BCUT2D eigenvalue weighted by Crippen LogP contribution is 2.21. The van der Waals surface area contributed by atoms with E-state index in [4.69, 9.17) is 14.7 Å². The highest BCUT2D eigenvalue weighted by atomic mass is 16.5. The molecule has 1 aromatic heterocycles. The topological polar surface area (TPSA) is 84.2 Å². The van der Waals surface area contributed by atoms with Gasteiger partial charge in [0.15, 0.2) is 0 Å². The van der Waals surface area contributed by atoms with Gasteiger partial charge in [-0.2, -0.15) is 5.26 Å². The zero-order valence-corrected chi connectivity index (χ0v) is 14.5.